The predicted molar refractivity (Wildman–Crippen MR) is 78.7 cm³/mol. The molecule has 0 N–H and O–H groups in total. The molecule has 0 aromatic heterocycles. The van der Waals surface area contributed by atoms with Gasteiger partial charge in [-0.25, -0.2) is 0 Å². The van der Waals surface area contributed by atoms with Gasteiger partial charge in [0.1, 0.15) is 0 Å². The van der Waals surface area contributed by atoms with Crippen LogP contribution in [0, 0.1) is 6.92 Å². The van der Waals surface area contributed by atoms with Crippen molar-refractivity contribution in [3.8, 4) is 0 Å². The molecule has 0 spiro atoms. The van der Waals surface area contributed by atoms with Gasteiger partial charge < -0.3 is 0 Å². The Hall–Kier alpha value is -2.44. The Bertz CT molecular complexity index is 557. The maximum Gasteiger partial charge on any atom is 0.0931 e. The van der Waals surface area contributed by atoms with Crippen LogP contribution in [0.15, 0.2) is 66.2 Å². The van der Waals surface area contributed by atoms with Gasteiger partial charge in [-0.15, -0.1) is 5.73 Å². The van der Waals surface area contributed by atoms with Crippen molar-refractivity contribution in [2.45, 2.75) is 6.92 Å². The van der Waals surface area contributed by atoms with Crippen LogP contribution in [0.5, 0.6) is 0 Å². The number of nitrogens with zero attached hydrogens (tertiary/aromatic N) is 2. The number of azo groups is 1. The number of hydrogen-bond donors (Lipinski definition) is 0. The minimum atomic E-state index is 0.791. The van der Waals surface area contributed by atoms with Crippen molar-refractivity contribution in [2.75, 3.05) is 0 Å². The van der Waals surface area contributed by atoms with Crippen molar-refractivity contribution < 1.29 is 0 Å². The molecule has 0 fully saturated rings. The number of aryl methyl sites for hydroxylation is 1. The quantitative estimate of drug-likeness (QED) is 0.380. The van der Waals surface area contributed by atoms with Gasteiger partial charge in [-0.05, 0) is 36.3 Å². The number of benzene rings is 1. The fourth-order valence-corrected chi connectivity index (χ4v) is 1.48. The Morgan fingerprint density at radius 3 is 2.61 bits per heavy atom. The van der Waals surface area contributed by atoms with Gasteiger partial charge in [-0.1, -0.05) is 38.0 Å². The van der Waals surface area contributed by atoms with Crippen molar-refractivity contribution in [1.82, 2.24) is 0 Å². The van der Waals surface area contributed by atoms with E-state index in [1.54, 1.807) is 12.2 Å². The van der Waals surface area contributed by atoms with Crippen molar-refractivity contribution in [1.29, 1.82) is 0 Å². The molecule has 1 rings (SSSR count). The summed E-state index contributed by atoms with van der Waals surface area (Å²) in [6, 6.07) is 3.99. The summed E-state index contributed by atoms with van der Waals surface area (Å²) in [4.78, 5) is 0. The third kappa shape index (κ3) is 3.55. The van der Waals surface area contributed by atoms with Gasteiger partial charge in [-0.2, -0.15) is 10.2 Å². The van der Waals surface area contributed by atoms with Gasteiger partial charge in [0, 0.05) is 11.8 Å². The fourth-order valence-electron chi connectivity index (χ4n) is 1.48. The minimum absolute atomic E-state index is 0.791. The molecule has 2 nitrogen and oxygen atoms in total. The first-order valence-electron chi connectivity index (χ1n) is 5.54. The van der Waals surface area contributed by atoms with Crippen LogP contribution >= 0.6 is 0 Å². The van der Waals surface area contributed by atoms with Crippen molar-refractivity contribution in [2.24, 2.45) is 10.2 Å². The lowest BCUT2D eigenvalue weighted by atomic mass is 10.0. The van der Waals surface area contributed by atoms with E-state index in [1.165, 1.54) is 6.20 Å². The molecule has 0 aliphatic heterocycles. The lowest BCUT2D eigenvalue weighted by molar-refractivity contribution is 1.22. The maximum atomic E-state index is 4.08. The summed E-state index contributed by atoms with van der Waals surface area (Å²) in [6.45, 7) is 12.8. The summed E-state index contributed by atoms with van der Waals surface area (Å²) in [7, 11) is 0. The Labute approximate surface area is 108 Å². The number of rotatable bonds is 5. The molecule has 0 heterocycles. The smallest absolute Gasteiger partial charge is 0.0931 e. The first kappa shape index (κ1) is 13.6. The van der Waals surface area contributed by atoms with Crippen LogP contribution in [0.1, 0.15) is 16.7 Å². The van der Waals surface area contributed by atoms with E-state index in [0.717, 1.165) is 22.4 Å². The fraction of sp³-hybridized carbons (Fsp3) is 0.0625. The molecule has 90 valence electrons. The zero-order chi connectivity index (χ0) is 13.4. The van der Waals surface area contributed by atoms with Gasteiger partial charge in [0.15, 0.2) is 0 Å². The summed E-state index contributed by atoms with van der Waals surface area (Å²) in [5.41, 5.74) is 6.65. The van der Waals surface area contributed by atoms with Gasteiger partial charge in [0.05, 0.1) is 5.69 Å². The van der Waals surface area contributed by atoms with E-state index in [4.69, 9.17) is 0 Å². The second-order valence-electron chi connectivity index (χ2n) is 3.60. The van der Waals surface area contributed by atoms with Gasteiger partial charge in [0.2, 0.25) is 0 Å². The third-order valence-corrected chi connectivity index (χ3v) is 2.37. The summed E-state index contributed by atoms with van der Waals surface area (Å²) in [5, 5.41) is 7.87. The molecule has 1 aromatic carbocycles. The van der Waals surface area contributed by atoms with Crippen LogP contribution < -0.4 is 0 Å². The monoisotopic (exact) mass is 236 g/mol. The van der Waals surface area contributed by atoms with Gasteiger partial charge >= 0.3 is 0 Å². The standard InChI is InChI=1S/C16H16N2/c1-5-8-9-10-15-12-14(6-2)16(11-13(15)4)18-17-7-3/h6-12H,1-3H2,4H3/b10-9-,18-17?. The van der Waals surface area contributed by atoms with Crippen molar-refractivity contribution in [3.63, 3.8) is 0 Å². The van der Waals surface area contributed by atoms with E-state index >= 15 is 0 Å². The first-order valence-corrected chi connectivity index (χ1v) is 5.54. The zero-order valence-corrected chi connectivity index (χ0v) is 10.6. The van der Waals surface area contributed by atoms with Crippen molar-refractivity contribution in [3.05, 3.63) is 72.6 Å². The van der Waals surface area contributed by atoms with E-state index in [-0.39, 0.29) is 0 Å². The molecule has 0 bridgehead atoms. The second-order valence-corrected chi connectivity index (χ2v) is 3.60. The summed E-state index contributed by atoms with van der Waals surface area (Å²) >= 11 is 0. The average Bonchev–Trinajstić information content (AvgIpc) is 2.38. The molecule has 0 saturated heterocycles. The van der Waals surface area contributed by atoms with Gasteiger partial charge in [0.25, 0.3) is 0 Å². The Morgan fingerprint density at radius 2 is 2.00 bits per heavy atom. The first-order chi connectivity index (χ1) is 8.72. The average molecular weight is 236 g/mol. The molecule has 18 heavy (non-hydrogen) atoms. The molecule has 0 radical (unpaired) electrons. The maximum absolute atomic E-state index is 4.08. The van der Waals surface area contributed by atoms with Crippen LogP contribution in [-0.2, 0) is 0 Å². The lowest BCUT2D eigenvalue weighted by Crippen LogP contribution is -1.84. The van der Waals surface area contributed by atoms with Crippen LogP contribution in [0.25, 0.3) is 12.2 Å². The highest BCUT2D eigenvalue weighted by atomic mass is 15.1. The molecule has 0 aliphatic rings. The summed E-state index contributed by atoms with van der Waals surface area (Å²) in [6.07, 6.45) is 8.82. The molecule has 0 aliphatic carbocycles. The number of allylic oxidation sites excluding steroid dienone is 2. The Morgan fingerprint density at radius 1 is 1.22 bits per heavy atom. The highest BCUT2D eigenvalue weighted by Gasteiger charge is 2.02. The van der Waals surface area contributed by atoms with Crippen LogP contribution in [-0.4, -0.2) is 0 Å². The van der Waals surface area contributed by atoms with E-state index in [2.05, 4.69) is 35.7 Å². The van der Waals surface area contributed by atoms with Gasteiger partial charge in [-0.3, -0.25) is 0 Å². The molecule has 0 amide bonds. The highest BCUT2D eigenvalue weighted by Crippen LogP contribution is 2.26. The SMILES string of the molecule is C=C=C/C=C\c1cc(C=C)c(N=NC=C)cc1C. The third-order valence-electron chi connectivity index (χ3n) is 2.37. The highest BCUT2D eigenvalue weighted by molar-refractivity contribution is 5.69. The molecule has 0 saturated carbocycles. The van der Waals surface area contributed by atoms with Crippen LogP contribution in [0.2, 0.25) is 0 Å². The van der Waals surface area contributed by atoms with E-state index in [9.17, 15) is 0 Å². The van der Waals surface area contributed by atoms with Crippen LogP contribution in [0.3, 0.4) is 0 Å². The molecule has 0 atom stereocenters. The zero-order valence-electron chi connectivity index (χ0n) is 10.6. The Balaban J connectivity index is 3.25. The van der Waals surface area contributed by atoms with E-state index < -0.39 is 0 Å². The minimum Gasteiger partial charge on any atom is -0.159 e. The van der Waals surface area contributed by atoms with E-state index in [1.807, 2.05) is 31.2 Å². The van der Waals surface area contributed by atoms with Crippen molar-refractivity contribution >= 4 is 17.8 Å². The molecular formula is C16H16N2. The molecule has 1 aromatic rings. The lowest BCUT2D eigenvalue weighted by Gasteiger charge is -2.05. The second kappa shape index (κ2) is 7.00. The number of hydrogen-bond acceptors (Lipinski definition) is 2. The Kier molecular flexibility index (Phi) is 5.30. The molecule has 0 unspecified atom stereocenters. The predicted octanol–water partition coefficient (Wildman–Crippen LogP) is 5.22. The molecular weight excluding hydrogens is 220 g/mol. The van der Waals surface area contributed by atoms with Crippen LogP contribution in [0.4, 0.5) is 5.69 Å². The normalized spacial score (nSPS) is 10.5. The summed E-state index contributed by atoms with van der Waals surface area (Å²) in [5.74, 6) is 0. The largest absolute Gasteiger partial charge is 0.159 e. The topological polar surface area (TPSA) is 24.7 Å². The summed E-state index contributed by atoms with van der Waals surface area (Å²) < 4.78 is 0. The van der Waals surface area contributed by atoms with E-state index in [0.29, 0.717) is 0 Å². The molecule has 2 heteroatoms.